The van der Waals surface area contributed by atoms with Crippen molar-refractivity contribution in [2.75, 3.05) is 9.80 Å². The number of alkyl halides is 3. The summed E-state index contributed by atoms with van der Waals surface area (Å²) in [6.45, 7) is 2.97. The summed E-state index contributed by atoms with van der Waals surface area (Å²) in [5.41, 5.74) is -0.584. The zero-order valence-corrected chi connectivity index (χ0v) is 18.7. The largest absolute Gasteiger partial charge is 0.416 e. The van der Waals surface area contributed by atoms with Crippen LogP contribution in [0.25, 0.3) is 0 Å². The van der Waals surface area contributed by atoms with E-state index < -0.39 is 59.5 Å². The summed E-state index contributed by atoms with van der Waals surface area (Å²) in [7, 11) is 0. The van der Waals surface area contributed by atoms with Crippen LogP contribution in [0.4, 0.5) is 29.1 Å². The van der Waals surface area contributed by atoms with Crippen LogP contribution < -0.4 is 9.80 Å². The molecule has 7 nitrogen and oxygen atoms in total. The lowest BCUT2D eigenvalue weighted by molar-refractivity contribution is -0.137. The Morgan fingerprint density at radius 1 is 1.24 bits per heavy atom. The lowest BCUT2D eigenvalue weighted by Crippen LogP contribution is -2.55. The van der Waals surface area contributed by atoms with E-state index in [1.165, 1.54) is 17.9 Å². The Morgan fingerprint density at radius 3 is 2.56 bits per heavy atom. The summed E-state index contributed by atoms with van der Waals surface area (Å²) in [4.78, 5) is 32.2. The molecule has 2 aliphatic heterocycles. The molecule has 0 radical (unpaired) electrons. The summed E-state index contributed by atoms with van der Waals surface area (Å²) in [5, 5.41) is 20.6. The zero-order chi connectivity index (χ0) is 25.1. The molecule has 4 rings (SSSR count). The number of aliphatic hydroxyl groups is 2. The topological polar surface area (TPSA) is 94.0 Å². The van der Waals surface area contributed by atoms with Crippen molar-refractivity contribution in [3.63, 3.8) is 0 Å². The molecule has 0 saturated carbocycles. The standard InChI is InChI=1S/C22H20ClF4N3O4/c1-9-7-11(22(25,26)27)8-15(28-9)30-17(18(31)19(32)21(30)34)20(33)29-10(2)3-4-12-14(29)6-5-13(24)16(12)23/h5-8,10,17-19,31-32H,3-4H2,1-2H3/t10?,17-,18-,19-/m0/s1. The Kier molecular flexibility index (Phi) is 6.07. The number of aromatic nitrogens is 1. The number of anilines is 2. The van der Waals surface area contributed by atoms with Gasteiger partial charge in [-0.25, -0.2) is 9.37 Å². The van der Waals surface area contributed by atoms with Gasteiger partial charge in [-0.3, -0.25) is 14.5 Å². The first-order valence-electron chi connectivity index (χ1n) is 10.4. The highest BCUT2D eigenvalue weighted by molar-refractivity contribution is 6.32. The van der Waals surface area contributed by atoms with Crippen LogP contribution >= 0.6 is 11.6 Å². The number of pyridine rings is 1. The number of fused-ring (bicyclic) bond motifs is 1. The van der Waals surface area contributed by atoms with E-state index in [4.69, 9.17) is 11.6 Å². The number of nitrogens with zero attached hydrogens (tertiary/aromatic N) is 3. The molecule has 0 bridgehead atoms. The van der Waals surface area contributed by atoms with Crippen LogP contribution in [0, 0.1) is 12.7 Å². The lowest BCUT2D eigenvalue weighted by Gasteiger charge is -2.39. The van der Waals surface area contributed by atoms with E-state index >= 15 is 0 Å². The van der Waals surface area contributed by atoms with Crippen LogP contribution in [0.15, 0.2) is 24.3 Å². The fourth-order valence-corrected chi connectivity index (χ4v) is 4.70. The van der Waals surface area contributed by atoms with E-state index in [1.54, 1.807) is 6.92 Å². The molecule has 1 unspecified atom stereocenters. The lowest BCUT2D eigenvalue weighted by atomic mass is 9.94. The van der Waals surface area contributed by atoms with Gasteiger partial charge in [0.15, 0.2) is 6.10 Å². The van der Waals surface area contributed by atoms with Crippen molar-refractivity contribution in [3.8, 4) is 0 Å². The first-order chi connectivity index (χ1) is 15.8. The van der Waals surface area contributed by atoms with Crippen molar-refractivity contribution in [1.82, 2.24) is 4.98 Å². The predicted octanol–water partition coefficient (Wildman–Crippen LogP) is 3.01. The molecule has 2 aromatic rings. The molecule has 1 saturated heterocycles. The highest BCUT2D eigenvalue weighted by Gasteiger charge is 2.54. The fraction of sp³-hybridized carbons (Fsp3) is 0.409. The van der Waals surface area contributed by atoms with Gasteiger partial charge in [0.25, 0.3) is 11.8 Å². The van der Waals surface area contributed by atoms with Gasteiger partial charge in [-0.05, 0) is 56.5 Å². The minimum Gasteiger partial charge on any atom is -0.387 e. The Balaban J connectivity index is 1.82. The van der Waals surface area contributed by atoms with Crippen LogP contribution in [-0.4, -0.2) is 51.3 Å². The summed E-state index contributed by atoms with van der Waals surface area (Å²) in [5.74, 6) is -3.25. The third-order valence-corrected chi connectivity index (χ3v) is 6.51. The van der Waals surface area contributed by atoms with Crippen molar-refractivity contribution in [1.29, 1.82) is 0 Å². The van der Waals surface area contributed by atoms with Gasteiger partial charge in [0.1, 0.15) is 23.8 Å². The third-order valence-electron chi connectivity index (χ3n) is 6.10. The molecule has 2 N–H and O–H groups in total. The van der Waals surface area contributed by atoms with Gasteiger partial charge in [-0.15, -0.1) is 0 Å². The second-order valence-electron chi connectivity index (χ2n) is 8.40. The number of carbonyl (C=O) groups excluding carboxylic acids is 2. The first-order valence-corrected chi connectivity index (χ1v) is 10.8. The molecule has 0 spiro atoms. The first kappa shape index (κ1) is 24.4. The van der Waals surface area contributed by atoms with Crippen molar-refractivity contribution < 1.29 is 37.4 Å². The molecular formula is C22H20ClF4N3O4. The third kappa shape index (κ3) is 3.91. The maximum Gasteiger partial charge on any atom is 0.416 e. The minimum atomic E-state index is -4.76. The van der Waals surface area contributed by atoms with E-state index in [9.17, 15) is 37.4 Å². The molecule has 1 aromatic carbocycles. The van der Waals surface area contributed by atoms with Gasteiger partial charge in [0.2, 0.25) is 0 Å². The average molecular weight is 502 g/mol. The highest BCUT2D eigenvalue weighted by Crippen LogP contribution is 2.39. The number of halogens is 5. The maximum atomic E-state index is 14.0. The van der Waals surface area contributed by atoms with Crippen LogP contribution in [0.2, 0.25) is 5.02 Å². The second-order valence-corrected chi connectivity index (χ2v) is 8.77. The SMILES string of the molecule is Cc1cc(C(F)(F)F)cc(N2C(=O)[C@@H](O)[C@@H](O)[C@H]2C(=O)N2c3ccc(F)c(Cl)c3CCC2C)n1. The molecule has 0 aliphatic carbocycles. The maximum absolute atomic E-state index is 14.0. The molecule has 4 atom stereocenters. The summed E-state index contributed by atoms with van der Waals surface area (Å²) < 4.78 is 54.1. The minimum absolute atomic E-state index is 0.0846. The molecule has 34 heavy (non-hydrogen) atoms. The summed E-state index contributed by atoms with van der Waals surface area (Å²) in [6.07, 6.45) is -8.01. The Morgan fingerprint density at radius 2 is 1.91 bits per heavy atom. The van der Waals surface area contributed by atoms with Crippen molar-refractivity contribution in [3.05, 3.63) is 51.9 Å². The number of amides is 2. The number of rotatable bonds is 2. The van der Waals surface area contributed by atoms with Gasteiger partial charge in [0.05, 0.1) is 10.6 Å². The Labute approximate surface area is 196 Å². The van der Waals surface area contributed by atoms with Gasteiger partial charge in [-0.2, -0.15) is 13.2 Å². The average Bonchev–Trinajstić information content (AvgIpc) is 2.98. The molecule has 3 heterocycles. The number of benzene rings is 1. The summed E-state index contributed by atoms with van der Waals surface area (Å²) >= 11 is 6.08. The van der Waals surface area contributed by atoms with Gasteiger partial charge in [0, 0.05) is 17.4 Å². The Bertz CT molecular complexity index is 1180. The zero-order valence-electron chi connectivity index (χ0n) is 18.0. The smallest absolute Gasteiger partial charge is 0.387 e. The van der Waals surface area contributed by atoms with E-state index in [0.717, 1.165) is 12.1 Å². The van der Waals surface area contributed by atoms with E-state index in [0.29, 0.717) is 29.4 Å². The fourth-order valence-electron chi connectivity index (χ4n) is 4.45. The second kappa shape index (κ2) is 8.47. The van der Waals surface area contributed by atoms with E-state index in [-0.39, 0.29) is 16.4 Å². The normalized spacial score (nSPS) is 25.0. The van der Waals surface area contributed by atoms with Crippen LogP contribution in [0.3, 0.4) is 0 Å². The molecule has 12 heteroatoms. The van der Waals surface area contributed by atoms with Gasteiger partial charge >= 0.3 is 6.18 Å². The quantitative estimate of drug-likeness (QED) is 0.617. The van der Waals surface area contributed by atoms with Crippen molar-refractivity contribution >= 4 is 34.9 Å². The van der Waals surface area contributed by atoms with Gasteiger partial charge in [-0.1, -0.05) is 11.6 Å². The van der Waals surface area contributed by atoms with E-state index in [2.05, 4.69) is 4.98 Å². The number of carbonyl (C=O) groups is 2. The highest BCUT2D eigenvalue weighted by atomic mass is 35.5. The van der Waals surface area contributed by atoms with Crippen molar-refractivity contribution in [2.24, 2.45) is 0 Å². The van der Waals surface area contributed by atoms with Gasteiger partial charge < -0.3 is 15.1 Å². The predicted molar refractivity (Wildman–Crippen MR) is 114 cm³/mol. The molecule has 2 aliphatic rings. The van der Waals surface area contributed by atoms with Crippen molar-refractivity contribution in [2.45, 2.75) is 57.2 Å². The number of hydrogen-bond acceptors (Lipinski definition) is 5. The van der Waals surface area contributed by atoms with Crippen LogP contribution in [-0.2, 0) is 22.2 Å². The van der Waals surface area contributed by atoms with E-state index in [1.807, 2.05) is 0 Å². The molecule has 1 fully saturated rings. The monoisotopic (exact) mass is 501 g/mol. The molecule has 2 amide bonds. The number of aryl methyl sites for hydroxylation is 1. The van der Waals surface area contributed by atoms with Crippen LogP contribution in [0.5, 0.6) is 0 Å². The number of hydrogen-bond donors (Lipinski definition) is 2. The molecule has 182 valence electrons. The number of aliphatic hydroxyl groups excluding tert-OH is 2. The Hall–Kier alpha value is -2.76. The molecular weight excluding hydrogens is 482 g/mol. The van der Waals surface area contributed by atoms with Crippen LogP contribution in [0.1, 0.15) is 30.2 Å². The summed E-state index contributed by atoms with van der Waals surface area (Å²) in [6, 6.07) is 1.51. The molecule has 1 aromatic heterocycles.